The van der Waals surface area contributed by atoms with Gasteiger partial charge in [0.1, 0.15) is 11.1 Å². The Morgan fingerprint density at radius 2 is 1.68 bits per heavy atom. The van der Waals surface area contributed by atoms with Gasteiger partial charge in [-0.15, -0.1) is 0 Å². The molecule has 118 valence electrons. The van der Waals surface area contributed by atoms with Crippen LogP contribution < -0.4 is 10.0 Å². The predicted molar refractivity (Wildman–Crippen MR) is 84.5 cm³/mol. The number of hydrogen-bond donors (Lipinski definition) is 1. The Kier molecular flexibility index (Phi) is 6.16. The summed E-state index contributed by atoms with van der Waals surface area (Å²) in [5.41, 5.74) is 1.04. The van der Waals surface area contributed by atoms with Gasteiger partial charge in [0.15, 0.2) is 0 Å². The SMILES string of the molecule is COc1ccccc1P(=O)(O)OCCOCc1ccccc1. The van der Waals surface area contributed by atoms with Gasteiger partial charge < -0.3 is 18.9 Å². The Balaban J connectivity index is 1.81. The van der Waals surface area contributed by atoms with Crippen LogP contribution in [0.25, 0.3) is 0 Å². The maximum Gasteiger partial charge on any atom is 0.362 e. The molecule has 2 rings (SSSR count). The molecule has 0 aromatic heterocycles. The number of ether oxygens (including phenoxy) is 2. The Morgan fingerprint density at radius 3 is 2.41 bits per heavy atom. The van der Waals surface area contributed by atoms with Crippen molar-refractivity contribution in [2.45, 2.75) is 6.61 Å². The number of benzene rings is 2. The van der Waals surface area contributed by atoms with Crippen molar-refractivity contribution in [1.29, 1.82) is 0 Å². The molecule has 1 atom stereocenters. The summed E-state index contributed by atoms with van der Waals surface area (Å²) in [5.74, 6) is 0.332. The van der Waals surface area contributed by atoms with Gasteiger partial charge in [-0.1, -0.05) is 42.5 Å². The molecular formula is C16H19O5P. The van der Waals surface area contributed by atoms with E-state index < -0.39 is 7.60 Å². The molecule has 22 heavy (non-hydrogen) atoms. The fourth-order valence-electron chi connectivity index (χ4n) is 1.92. The fraction of sp³-hybridized carbons (Fsp3) is 0.250. The van der Waals surface area contributed by atoms with Crippen LogP contribution in [-0.4, -0.2) is 25.2 Å². The molecule has 2 aromatic rings. The molecule has 1 N–H and O–H groups in total. The predicted octanol–water partition coefficient (Wildman–Crippen LogP) is 2.74. The summed E-state index contributed by atoms with van der Waals surface area (Å²) in [4.78, 5) is 10.0. The van der Waals surface area contributed by atoms with Crippen molar-refractivity contribution in [3.05, 3.63) is 60.2 Å². The quantitative estimate of drug-likeness (QED) is 0.598. The Bertz CT molecular complexity index is 629. The molecule has 0 aliphatic heterocycles. The van der Waals surface area contributed by atoms with Crippen molar-refractivity contribution in [1.82, 2.24) is 0 Å². The van der Waals surface area contributed by atoms with Gasteiger partial charge in [-0.25, -0.2) is 0 Å². The maximum atomic E-state index is 12.2. The van der Waals surface area contributed by atoms with Gasteiger partial charge in [0.05, 0.1) is 26.9 Å². The second-order valence-electron chi connectivity index (χ2n) is 4.56. The van der Waals surface area contributed by atoms with E-state index in [1.165, 1.54) is 13.2 Å². The lowest BCUT2D eigenvalue weighted by Gasteiger charge is -2.15. The summed E-state index contributed by atoms with van der Waals surface area (Å²) in [7, 11) is -2.47. The number of hydrogen-bond acceptors (Lipinski definition) is 4. The van der Waals surface area contributed by atoms with E-state index in [-0.39, 0.29) is 18.5 Å². The van der Waals surface area contributed by atoms with E-state index in [4.69, 9.17) is 14.0 Å². The highest BCUT2D eigenvalue weighted by molar-refractivity contribution is 7.61. The largest absolute Gasteiger partial charge is 0.496 e. The van der Waals surface area contributed by atoms with E-state index in [0.717, 1.165) is 5.56 Å². The van der Waals surface area contributed by atoms with Crippen LogP contribution in [0, 0.1) is 0 Å². The smallest absolute Gasteiger partial charge is 0.362 e. The van der Waals surface area contributed by atoms with Gasteiger partial charge in [-0.3, -0.25) is 4.57 Å². The first-order valence-corrected chi connectivity index (χ1v) is 8.44. The van der Waals surface area contributed by atoms with Crippen LogP contribution in [-0.2, 0) is 20.4 Å². The molecule has 0 spiro atoms. The van der Waals surface area contributed by atoms with Crippen molar-refractivity contribution in [3.8, 4) is 5.75 Å². The minimum absolute atomic E-state index is 0.0264. The zero-order chi connectivity index (χ0) is 15.8. The highest BCUT2D eigenvalue weighted by Gasteiger charge is 2.26. The van der Waals surface area contributed by atoms with Crippen molar-refractivity contribution < 1.29 is 23.5 Å². The van der Waals surface area contributed by atoms with Gasteiger partial charge in [-0.2, -0.15) is 0 Å². The molecule has 0 fully saturated rings. The maximum absolute atomic E-state index is 12.2. The minimum Gasteiger partial charge on any atom is -0.496 e. The van der Waals surface area contributed by atoms with E-state index in [9.17, 15) is 9.46 Å². The molecule has 0 aliphatic rings. The number of rotatable bonds is 8. The summed E-state index contributed by atoms with van der Waals surface area (Å²) in [6.07, 6.45) is 0. The topological polar surface area (TPSA) is 65.0 Å². The van der Waals surface area contributed by atoms with Crippen LogP contribution in [0.4, 0.5) is 0 Å². The molecule has 0 amide bonds. The van der Waals surface area contributed by atoms with Crippen LogP contribution in [0.5, 0.6) is 5.75 Å². The molecule has 0 bridgehead atoms. The van der Waals surface area contributed by atoms with Crippen LogP contribution in [0.2, 0.25) is 0 Å². The van der Waals surface area contributed by atoms with Crippen molar-refractivity contribution in [3.63, 3.8) is 0 Å². The van der Waals surface area contributed by atoms with E-state index >= 15 is 0 Å². The van der Waals surface area contributed by atoms with Gasteiger partial charge >= 0.3 is 7.60 Å². The van der Waals surface area contributed by atoms with Crippen LogP contribution in [0.3, 0.4) is 0 Å². The summed E-state index contributed by atoms with van der Waals surface area (Å²) in [6, 6.07) is 16.2. The summed E-state index contributed by atoms with van der Waals surface area (Å²) in [5, 5.41) is 0.153. The standard InChI is InChI=1S/C16H19O5P/c1-19-15-9-5-6-10-16(15)22(17,18)21-12-11-20-13-14-7-3-2-4-8-14/h2-10H,11-13H2,1H3,(H,17,18). The first-order valence-electron chi connectivity index (χ1n) is 6.86. The van der Waals surface area contributed by atoms with E-state index in [2.05, 4.69) is 0 Å². The fourth-order valence-corrected chi connectivity index (χ4v) is 3.10. The molecular weight excluding hydrogens is 303 g/mol. The average molecular weight is 322 g/mol. The van der Waals surface area contributed by atoms with Crippen LogP contribution in [0.1, 0.15) is 5.56 Å². The second-order valence-corrected chi connectivity index (χ2v) is 6.34. The summed E-state index contributed by atoms with van der Waals surface area (Å²) in [6.45, 7) is 0.696. The van der Waals surface area contributed by atoms with Crippen molar-refractivity contribution in [2.75, 3.05) is 20.3 Å². The van der Waals surface area contributed by atoms with Crippen LogP contribution in [0.15, 0.2) is 54.6 Å². The molecule has 5 nitrogen and oxygen atoms in total. The van der Waals surface area contributed by atoms with Gasteiger partial charge in [-0.05, 0) is 17.7 Å². The highest BCUT2D eigenvalue weighted by Crippen LogP contribution is 2.43. The van der Waals surface area contributed by atoms with Crippen molar-refractivity contribution in [2.24, 2.45) is 0 Å². The molecule has 0 saturated heterocycles. The Morgan fingerprint density at radius 1 is 1.00 bits per heavy atom. The molecule has 0 heterocycles. The van der Waals surface area contributed by atoms with Crippen molar-refractivity contribution >= 4 is 12.9 Å². The zero-order valence-corrected chi connectivity index (χ0v) is 13.2. The molecule has 0 aliphatic carbocycles. The molecule has 1 unspecified atom stereocenters. The summed E-state index contributed by atoms with van der Waals surface area (Å²) < 4.78 is 27.8. The molecule has 2 aromatic carbocycles. The van der Waals surface area contributed by atoms with Gasteiger partial charge in [0.2, 0.25) is 0 Å². The lowest BCUT2D eigenvalue weighted by Crippen LogP contribution is -2.12. The third kappa shape index (κ3) is 4.68. The third-order valence-corrected chi connectivity index (χ3v) is 4.51. The molecule has 6 heteroatoms. The minimum atomic E-state index is -3.92. The number of methoxy groups -OCH3 is 1. The average Bonchev–Trinajstić information content (AvgIpc) is 2.55. The first-order chi connectivity index (χ1) is 10.6. The van der Waals surface area contributed by atoms with Gasteiger partial charge in [0, 0.05) is 0 Å². The third-order valence-electron chi connectivity index (χ3n) is 3.00. The lowest BCUT2D eigenvalue weighted by atomic mass is 10.2. The monoisotopic (exact) mass is 322 g/mol. The van der Waals surface area contributed by atoms with E-state index in [0.29, 0.717) is 12.4 Å². The lowest BCUT2D eigenvalue weighted by molar-refractivity contribution is 0.0859. The molecule has 0 radical (unpaired) electrons. The first kappa shape index (κ1) is 16.7. The second kappa shape index (κ2) is 8.11. The van der Waals surface area contributed by atoms with Crippen LogP contribution >= 0.6 is 7.60 Å². The van der Waals surface area contributed by atoms with Gasteiger partial charge in [0.25, 0.3) is 0 Å². The van der Waals surface area contributed by atoms with E-state index in [1.807, 2.05) is 30.3 Å². The Hall–Kier alpha value is -1.65. The summed E-state index contributed by atoms with van der Waals surface area (Å²) >= 11 is 0. The Labute approximate surface area is 130 Å². The van der Waals surface area contributed by atoms with E-state index in [1.54, 1.807) is 18.2 Å². The molecule has 0 saturated carbocycles. The zero-order valence-electron chi connectivity index (χ0n) is 12.3. The number of para-hydroxylation sites is 1. The highest BCUT2D eigenvalue weighted by atomic mass is 31.2. The normalized spacial score (nSPS) is 13.5.